The molecule has 1 N–H and O–H groups in total. The summed E-state index contributed by atoms with van der Waals surface area (Å²) in [6.07, 6.45) is 0. The first kappa shape index (κ1) is 8.74. The van der Waals surface area contributed by atoms with Crippen LogP contribution in [0.25, 0.3) is 0 Å². The van der Waals surface area contributed by atoms with Gasteiger partial charge < -0.3 is 5.21 Å². The Bertz CT molecular complexity index is 308. The summed E-state index contributed by atoms with van der Waals surface area (Å²) in [5.41, 5.74) is 0.359. The van der Waals surface area contributed by atoms with Crippen molar-refractivity contribution >= 4 is 22.6 Å². The molecule has 0 bridgehead atoms. The molecular weight excluding hydrogens is 178 g/mol. The van der Waals surface area contributed by atoms with Crippen LogP contribution in [0, 0.1) is 0 Å². The van der Waals surface area contributed by atoms with Crippen LogP contribution < -0.4 is 0 Å². The third-order valence-corrected chi connectivity index (χ3v) is 1.51. The van der Waals surface area contributed by atoms with Crippen molar-refractivity contribution in [3.8, 4) is 0 Å². The Labute approximate surface area is 74.3 Å². The molecule has 0 fully saturated rings. The minimum Gasteiger partial charge on any atom is -0.410 e. The highest BCUT2D eigenvalue weighted by Crippen LogP contribution is 2.03. The lowest BCUT2D eigenvalue weighted by Gasteiger charge is -1.96. The monoisotopic (exact) mass is 183 g/mol. The number of rotatable bonds is 2. The first-order chi connectivity index (χ1) is 5.75. The second-order valence-electron chi connectivity index (χ2n) is 2.09. The van der Waals surface area contributed by atoms with Crippen molar-refractivity contribution < 1.29 is 10.0 Å². The Kier molecular flexibility index (Phi) is 2.82. The van der Waals surface area contributed by atoms with Crippen LogP contribution in [-0.2, 0) is 4.79 Å². The second kappa shape index (κ2) is 3.88. The molecule has 0 aromatic heterocycles. The number of nitrogens with zero attached hydrogens (tertiary/aromatic N) is 1. The quantitative estimate of drug-likeness (QED) is 0.328. The molecule has 0 aliphatic carbocycles. The van der Waals surface area contributed by atoms with E-state index in [2.05, 4.69) is 5.16 Å². The first-order valence-corrected chi connectivity index (χ1v) is 3.61. The normalized spacial score (nSPS) is 11.2. The maximum Gasteiger partial charge on any atom is 0.274 e. The van der Waals surface area contributed by atoms with Crippen LogP contribution in [0.1, 0.15) is 5.56 Å². The molecule has 0 heterocycles. The molecule has 0 aliphatic heterocycles. The first-order valence-electron chi connectivity index (χ1n) is 3.23. The molecule has 0 aliphatic rings. The summed E-state index contributed by atoms with van der Waals surface area (Å²) >= 11 is 5.15. The zero-order valence-electron chi connectivity index (χ0n) is 6.07. The molecule has 12 heavy (non-hydrogen) atoms. The zero-order chi connectivity index (χ0) is 8.97. The van der Waals surface area contributed by atoms with Gasteiger partial charge in [0.1, 0.15) is 0 Å². The van der Waals surface area contributed by atoms with Gasteiger partial charge in [-0.25, -0.2) is 0 Å². The third kappa shape index (κ3) is 1.83. The van der Waals surface area contributed by atoms with Crippen LogP contribution in [-0.4, -0.2) is 16.2 Å². The summed E-state index contributed by atoms with van der Waals surface area (Å²) in [5.74, 6) is 0. The van der Waals surface area contributed by atoms with Crippen molar-refractivity contribution in [3.63, 3.8) is 0 Å². The predicted molar refractivity (Wildman–Crippen MR) is 45.6 cm³/mol. The maximum atomic E-state index is 10.7. The number of benzene rings is 1. The topological polar surface area (TPSA) is 49.7 Å². The van der Waals surface area contributed by atoms with Crippen molar-refractivity contribution in [1.29, 1.82) is 0 Å². The van der Waals surface area contributed by atoms with E-state index >= 15 is 0 Å². The molecule has 1 rings (SSSR count). The highest BCUT2D eigenvalue weighted by atomic mass is 35.5. The molecule has 0 radical (unpaired) electrons. The predicted octanol–water partition coefficient (Wildman–Crippen LogP) is 1.63. The molecule has 0 saturated heterocycles. The smallest absolute Gasteiger partial charge is 0.274 e. The fourth-order valence-corrected chi connectivity index (χ4v) is 0.953. The Morgan fingerprint density at radius 3 is 2.33 bits per heavy atom. The third-order valence-electron chi connectivity index (χ3n) is 1.33. The summed E-state index contributed by atoms with van der Waals surface area (Å²) in [5, 5.41) is 10.5. The van der Waals surface area contributed by atoms with Crippen LogP contribution in [0.2, 0.25) is 0 Å². The number of carbonyl (C=O) groups is 1. The minimum atomic E-state index is -0.774. The Hall–Kier alpha value is -1.35. The van der Waals surface area contributed by atoms with E-state index in [9.17, 15) is 4.79 Å². The van der Waals surface area contributed by atoms with E-state index in [0.29, 0.717) is 5.56 Å². The van der Waals surface area contributed by atoms with E-state index in [0.717, 1.165) is 0 Å². The zero-order valence-corrected chi connectivity index (χ0v) is 6.82. The standard InChI is InChI=1S/C8H6ClNO2/c9-8(11)7(10-12)6-4-2-1-3-5-6/h1-5,12H. The van der Waals surface area contributed by atoms with Gasteiger partial charge >= 0.3 is 0 Å². The number of hydrogen-bond donors (Lipinski definition) is 1. The van der Waals surface area contributed by atoms with Gasteiger partial charge in [0, 0.05) is 5.56 Å². The summed E-state index contributed by atoms with van der Waals surface area (Å²) in [4.78, 5) is 10.7. The van der Waals surface area contributed by atoms with Gasteiger partial charge in [0.2, 0.25) is 0 Å². The van der Waals surface area contributed by atoms with Crippen molar-refractivity contribution in [2.24, 2.45) is 5.16 Å². The van der Waals surface area contributed by atoms with Crippen LogP contribution in [0.15, 0.2) is 35.5 Å². The highest BCUT2D eigenvalue weighted by Gasteiger charge is 2.10. The number of hydrogen-bond acceptors (Lipinski definition) is 3. The Morgan fingerprint density at radius 2 is 1.92 bits per heavy atom. The van der Waals surface area contributed by atoms with Crippen LogP contribution in [0.4, 0.5) is 0 Å². The van der Waals surface area contributed by atoms with E-state index in [-0.39, 0.29) is 5.71 Å². The molecule has 0 atom stereocenters. The Morgan fingerprint density at radius 1 is 1.33 bits per heavy atom. The van der Waals surface area contributed by atoms with Gasteiger partial charge in [0.05, 0.1) is 0 Å². The lowest BCUT2D eigenvalue weighted by atomic mass is 10.1. The number of carbonyl (C=O) groups excluding carboxylic acids is 1. The SMILES string of the molecule is O=C(Cl)C(=NO)c1ccccc1. The van der Waals surface area contributed by atoms with Crippen molar-refractivity contribution in [1.82, 2.24) is 0 Å². The van der Waals surface area contributed by atoms with E-state index in [4.69, 9.17) is 16.8 Å². The van der Waals surface area contributed by atoms with Crippen LogP contribution in [0.5, 0.6) is 0 Å². The fraction of sp³-hybridized carbons (Fsp3) is 0. The Balaban J connectivity index is 3.05. The maximum absolute atomic E-state index is 10.7. The van der Waals surface area contributed by atoms with Gasteiger partial charge in [-0.05, 0) is 11.6 Å². The number of oxime groups is 1. The van der Waals surface area contributed by atoms with Gasteiger partial charge in [-0.15, -0.1) is 0 Å². The van der Waals surface area contributed by atoms with Gasteiger partial charge in [-0.3, -0.25) is 4.79 Å². The molecule has 0 spiro atoms. The summed E-state index contributed by atoms with van der Waals surface area (Å²) in [6.45, 7) is 0. The molecule has 62 valence electrons. The molecule has 4 heteroatoms. The average Bonchev–Trinajstić information content (AvgIpc) is 2.07. The van der Waals surface area contributed by atoms with E-state index in [1.165, 1.54) is 0 Å². The molecular formula is C8H6ClNO2. The largest absolute Gasteiger partial charge is 0.410 e. The summed E-state index contributed by atoms with van der Waals surface area (Å²) < 4.78 is 0. The lowest BCUT2D eigenvalue weighted by molar-refractivity contribution is -0.106. The van der Waals surface area contributed by atoms with Crippen LogP contribution >= 0.6 is 11.6 Å². The van der Waals surface area contributed by atoms with Gasteiger partial charge in [0.25, 0.3) is 5.24 Å². The summed E-state index contributed by atoms with van der Waals surface area (Å²) in [7, 11) is 0. The minimum absolute atomic E-state index is 0.141. The molecule has 1 aromatic rings. The molecule has 3 nitrogen and oxygen atoms in total. The van der Waals surface area contributed by atoms with Crippen molar-refractivity contribution in [2.45, 2.75) is 0 Å². The number of halogens is 1. The highest BCUT2D eigenvalue weighted by molar-refractivity contribution is 6.83. The fourth-order valence-electron chi connectivity index (χ4n) is 0.807. The van der Waals surface area contributed by atoms with Crippen LogP contribution in [0.3, 0.4) is 0 Å². The van der Waals surface area contributed by atoms with Crippen molar-refractivity contribution in [3.05, 3.63) is 35.9 Å². The lowest BCUT2D eigenvalue weighted by Crippen LogP contribution is -2.08. The molecule has 0 unspecified atom stereocenters. The average molecular weight is 184 g/mol. The molecule has 0 saturated carbocycles. The van der Waals surface area contributed by atoms with Gasteiger partial charge in [-0.2, -0.15) is 0 Å². The van der Waals surface area contributed by atoms with E-state index in [1.54, 1.807) is 30.3 Å². The molecule has 1 aromatic carbocycles. The van der Waals surface area contributed by atoms with Gasteiger partial charge in [-0.1, -0.05) is 35.5 Å². The van der Waals surface area contributed by atoms with E-state index in [1.807, 2.05) is 0 Å². The van der Waals surface area contributed by atoms with Gasteiger partial charge in [0.15, 0.2) is 5.71 Å². The molecule has 0 amide bonds. The second-order valence-corrected chi connectivity index (χ2v) is 2.43. The summed E-state index contributed by atoms with van der Waals surface area (Å²) in [6, 6.07) is 8.50. The van der Waals surface area contributed by atoms with Crippen molar-refractivity contribution in [2.75, 3.05) is 0 Å². The van der Waals surface area contributed by atoms with E-state index < -0.39 is 5.24 Å².